The Balaban J connectivity index is 2.25. The number of nitrogens with two attached hydrogens (primary N) is 1. The standard InChI is InChI=1S/C13H25N3O4/c1-9(2)11(14)12(18)15-7-10(17)16-8-13(19)3-5-20-6-4-13/h9,11,19H,3-8,14H2,1-2H3,(H,15,18)(H,16,17)/t11-/m0/s1. The lowest BCUT2D eigenvalue weighted by Gasteiger charge is -2.32. The van der Waals surface area contributed by atoms with Crippen molar-refractivity contribution in [3.63, 3.8) is 0 Å². The smallest absolute Gasteiger partial charge is 0.239 e. The van der Waals surface area contributed by atoms with Crippen LogP contribution in [0, 0.1) is 5.92 Å². The lowest BCUT2D eigenvalue weighted by Crippen LogP contribution is -2.50. The third-order valence-electron chi connectivity index (χ3n) is 3.48. The van der Waals surface area contributed by atoms with Crippen molar-refractivity contribution in [1.82, 2.24) is 10.6 Å². The molecule has 0 unspecified atom stereocenters. The van der Waals surface area contributed by atoms with Gasteiger partial charge in [0, 0.05) is 32.6 Å². The normalized spacial score (nSPS) is 19.4. The Morgan fingerprint density at radius 2 is 1.90 bits per heavy atom. The average molecular weight is 287 g/mol. The SMILES string of the molecule is CC(C)[C@H](N)C(=O)NCC(=O)NCC1(O)CCOCC1. The molecule has 7 nitrogen and oxygen atoms in total. The fourth-order valence-corrected chi connectivity index (χ4v) is 1.84. The van der Waals surface area contributed by atoms with E-state index >= 15 is 0 Å². The highest BCUT2D eigenvalue weighted by Crippen LogP contribution is 2.18. The summed E-state index contributed by atoms with van der Waals surface area (Å²) >= 11 is 0. The van der Waals surface area contributed by atoms with Crippen LogP contribution in [-0.2, 0) is 14.3 Å². The second kappa shape index (κ2) is 7.56. The topological polar surface area (TPSA) is 114 Å². The molecule has 20 heavy (non-hydrogen) atoms. The highest BCUT2D eigenvalue weighted by Gasteiger charge is 2.30. The van der Waals surface area contributed by atoms with Gasteiger partial charge in [0.05, 0.1) is 18.2 Å². The van der Waals surface area contributed by atoms with Gasteiger partial charge in [0.1, 0.15) is 0 Å². The summed E-state index contributed by atoms with van der Waals surface area (Å²) in [6, 6.07) is -0.623. The number of hydrogen-bond donors (Lipinski definition) is 4. The number of carbonyl (C=O) groups is 2. The monoisotopic (exact) mass is 287 g/mol. The predicted molar refractivity (Wildman–Crippen MR) is 73.8 cm³/mol. The number of amides is 2. The van der Waals surface area contributed by atoms with Gasteiger partial charge in [0.2, 0.25) is 11.8 Å². The first-order chi connectivity index (χ1) is 9.34. The predicted octanol–water partition coefficient (Wildman–Crippen LogP) is -1.26. The van der Waals surface area contributed by atoms with E-state index in [0.29, 0.717) is 26.1 Å². The number of rotatable bonds is 6. The molecule has 0 spiro atoms. The Kier molecular flexibility index (Phi) is 6.38. The highest BCUT2D eigenvalue weighted by molar-refractivity contribution is 5.87. The van der Waals surface area contributed by atoms with Crippen molar-refractivity contribution in [2.45, 2.75) is 38.3 Å². The Labute approximate surface area is 119 Å². The number of aliphatic hydroxyl groups is 1. The molecule has 1 rings (SSSR count). The minimum absolute atomic E-state index is 0.0148. The van der Waals surface area contributed by atoms with E-state index in [1.807, 2.05) is 13.8 Å². The first kappa shape index (κ1) is 16.9. The van der Waals surface area contributed by atoms with Crippen LogP contribution in [0.2, 0.25) is 0 Å². The van der Waals surface area contributed by atoms with Crippen molar-refractivity contribution in [1.29, 1.82) is 0 Å². The fraction of sp³-hybridized carbons (Fsp3) is 0.846. The van der Waals surface area contributed by atoms with E-state index in [-0.39, 0.29) is 30.8 Å². The van der Waals surface area contributed by atoms with Gasteiger partial charge in [-0.25, -0.2) is 0 Å². The molecule has 5 N–H and O–H groups in total. The van der Waals surface area contributed by atoms with Gasteiger partial charge in [-0.3, -0.25) is 9.59 Å². The molecule has 0 aromatic carbocycles. The maximum Gasteiger partial charge on any atom is 0.239 e. The van der Waals surface area contributed by atoms with Gasteiger partial charge in [-0.1, -0.05) is 13.8 Å². The van der Waals surface area contributed by atoms with Gasteiger partial charge >= 0.3 is 0 Å². The molecule has 1 atom stereocenters. The molecular formula is C13H25N3O4. The van der Waals surface area contributed by atoms with Gasteiger partial charge in [0.15, 0.2) is 0 Å². The molecule has 1 aliphatic heterocycles. The van der Waals surface area contributed by atoms with Crippen LogP contribution in [0.5, 0.6) is 0 Å². The molecule has 0 saturated carbocycles. The number of nitrogens with one attached hydrogen (secondary N) is 2. The molecule has 0 bridgehead atoms. The van der Waals surface area contributed by atoms with Gasteiger partial charge < -0.3 is 26.2 Å². The van der Waals surface area contributed by atoms with Crippen LogP contribution < -0.4 is 16.4 Å². The van der Waals surface area contributed by atoms with Gasteiger partial charge in [-0.2, -0.15) is 0 Å². The van der Waals surface area contributed by atoms with Crippen LogP contribution in [-0.4, -0.2) is 54.9 Å². The van der Waals surface area contributed by atoms with E-state index in [2.05, 4.69) is 10.6 Å². The molecule has 1 fully saturated rings. The van der Waals surface area contributed by atoms with Crippen molar-refractivity contribution in [3.05, 3.63) is 0 Å². The Morgan fingerprint density at radius 1 is 1.30 bits per heavy atom. The minimum Gasteiger partial charge on any atom is -0.388 e. The first-order valence-corrected chi connectivity index (χ1v) is 6.94. The second-order valence-corrected chi connectivity index (χ2v) is 5.60. The van der Waals surface area contributed by atoms with E-state index < -0.39 is 11.6 Å². The Morgan fingerprint density at radius 3 is 2.45 bits per heavy atom. The number of hydrogen-bond acceptors (Lipinski definition) is 5. The summed E-state index contributed by atoms with van der Waals surface area (Å²) in [6.07, 6.45) is 0.996. The minimum atomic E-state index is -0.910. The van der Waals surface area contributed by atoms with Crippen LogP contribution in [0.1, 0.15) is 26.7 Å². The maximum absolute atomic E-state index is 11.6. The van der Waals surface area contributed by atoms with Crippen LogP contribution in [0.25, 0.3) is 0 Å². The molecule has 1 heterocycles. The molecular weight excluding hydrogens is 262 g/mol. The molecule has 0 aromatic rings. The summed E-state index contributed by atoms with van der Waals surface area (Å²) in [5.41, 5.74) is 4.75. The van der Waals surface area contributed by atoms with Gasteiger partial charge in [-0.05, 0) is 5.92 Å². The van der Waals surface area contributed by atoms with Crippen molar-refractivity contribution < 1.29 is 19.4 Å². The van der Waals surface area contributed by atoms with E-state index in [1.54, 1.807) is 0 Å². The number of ether oxygens (including phenoxy) is 1. The lowest BCUT2D eigenvalue weighted by molar-refractivity contribution is -0.128. The zero-order chi connectivity index (χ0) is 15.2. The third kappa shape index (κ3) is 5.44. The molecule has 0 aliphatic carbocycles. The molecule has 1 saturated heterocycles. The summed E-state index contributed by atoms with van der Waals surface area (Å²) in [6.45, 7) is 4.70. The number of carbonyl (C=O) groups excluding carboxylic acids is 2. The Hall–Kier alpha value is -1.18. The molecule has 0 aromatic heterocycles. The average Bonchev–Trinajstić information content (AvgIpc) is 2.42. The van der Waals surface area contributed by atoms with Gasteiger partial charge in [0.25, 0.3) is 0 Å². The fourth-order valence-electron chi connectivity index (χ4n) is 1.84. The molecule has 1 aliphatic rings. The van der Waals surface area contributed by atoms with Crippen molar-refractivity contribution in [3.8, 4) is 0 Å². The summed E-state index contributed by atoms with van der Waals surface area (Å²) in [5, 5.41) is 15.3. The van der Waals surface area contributed by atoms with Crippen LogP contribution in [0.3, 0.4) is 0 Å². The van der Waals surface area contributed by atoms with E-state index in [4.69, 9.17) is 10.5 Å². The quantitative estimate of drug-likeness (QED) is 0.487. The first-order valence-electron chi connectivity index (χ1n) is 6.94. The Bertz CT molecular complexity index is 341. The summed E-state index contributed by atoms with van der Waals surface area (Å²) in [4.78, 5) is 23.2. The van der Waals surface area contributed by atoms with Crippen LogP contribution in [0.15, 0.2) is 0 Å². The van der Waals surface area contributed by atoms with Crippen LogP contribution in [0.4, 0.5) is 0 Å². The summed E-state index contributed by atoms with van der Waals surface area (Å²) < 4.78 is 5.16. The zero-order valence-corrected chi connectivity index (χ0v) is 12.1. The third-order valence-corrected chi connectivity index (χ3v) is 3.48. The van der Waals surface area contributed by atoms with E-state index in [1.165, 1.54) is 0 Å². The van der Waals surface area contributed by atoms with E-state index in [0.717, 1.165) is 0 Å². The molecule has 0 radical (unpaired) electrons. The van der Waals surface area contributed by atoms with Crippen molar-refractivity contribution in [2.75, 3.05) is 26.3 Å². The van der Waals surface area contributed by atoms with Crippen molar-refractivity contribution in [2.24, 2.45) is 11.7 Å². The lowest BCUT2D eigenvalue weighted by atomic mass is 9.94. The molecule has 2 amide bonds. The molecule has 116 valence electrons. The largest absolute Gasteiger partial charge is 0.388 e. The maximum atomic E-state index is 11.6. The summed E-state index contributed by atoms with van der Waals surface area (Å²) in [5.74, 6) is -0.671. The second-order valence-electron chi connectivity index (χ2n) is 5.60. The highest BCUT2D eigenvalue weighted by atomic mass is 16.5. The van der Waals surface area contributed by atoms with Crippen LogP contribution >= 0.6 is 0 Å². The summed E-state index contributed by atoms with van der Waals surface area (Å²) in [7, 11) is 0. The van der Waals surface area contributed by atoms with E-state index in [9.17, 15) is 14.7 Å². The van der Waals surface area contributed by atoms with Gasteiger partial charge in [-0.15, -0.1) is 0 Å². The zero-order valence-electron chi connectivity index (χ0n) is 12.1. The van der Waals surface area contributed by atoms with Crippen molar-refractivity contribution >= 4 is 11.8 Å². The molecule has 7 heteroatoms.